The summed E-state index contributed by atoms with van der Waals surface area (Å²) < 4.78 is 28.5. The quantitative estimate of drug-likeness (QED) is 0.871. The van der Waals surface area contributed by atoms with Crippen molar-refractivity contribution in [1.82, 2.24) is 4.90 Å². The van der Waals surface area contributed by atoms with Gasteiger partial charge < -0.3 is 14.7 Å². The van der Waals surface area contributed by atoms with E-state index in [4.69, 9.17) is 0 Å². The molecule has 1 amide bonds. The molecule has 0 saturated carbocycles. The molecule has 112 valence electrons. The van der Waals surface area contributed by atoms with Crippen LogP contribution in [0.4, 0.5) is 8.78 Å². The fraction of sp³-hybridized carbons (Fsp3) is 0.500. The lowest BCUT2D eigenvalue weighted by Gasteiger charge is -2.25. The number of ether oxygens (including phenoxy) is 1. The SMILES string of the molecule is CN(CC(C)(C)O)C(=O)Cc1cccc(OC(F)F)c1. The Labute approximate surface area is 117 Å². The molecule has 20 heavy (non-hydrogen) atoms. The Bertz CT molecular complexity index is 458. The van der Waals surface area contributed by atoms with Gasteiger partial charge in [-0.2, -0.15) is 8.78 Å². The Balaban J connectivity index is 2.66. The van der Waals surface area contributed by atoms with Crippen LogP contribution in [-0.2, 0) is 11.2 Å². The molecule has 0 radical (unpaired) electrons. The average molecular weight is 287 g/mol. The average Bonchev–Trinajstić information content (AvgIpc) is 2.26. The van der Waals surface area contributed by atoms with E-state index in [0.29, 0.717) is 5.56 Å². The number of likely N-dealkylation sites (N-methyl/N-ethyl adjacent to an activating group) is 1. The largest absolute Gasteiger partial charge is 0.435 e. The topological polar surface area (TPSA) is 49.8 Å². The Hall–Kier alpha value is -1.69. The highest BCUT2D eigenvalue weighted by atomic mass is 19.3. The maximum atomic E-state index is 12.1. The summed E-state index contributed by atoms with van der Waals surface area (Å²) in [6.07, 6.45) is 0.0625. The maximum Gasteiger partial charge on any atom is 0.387 e. The van der Waals surface area contributed by atoms with Gasteiger partial charge in [-0.05, 0) is 31.5 Å². The zero-order valence-electron chi connectivity index (χ0n) is 11.8. The molecule has 1 aromatic carbocycles. The van der Waals surface area contributed by atoms with E-state index in [1.165, 1.54) is 17.0 Å². The lowest BCUT2D eigenvalue weighted by Crippen LogP contribution is -2.40. The van der Waals surface area contributed by atoms with E-state index in [9.17, 15) is 18.7 Å². The molecule has 0 aliphatic carbocycles. The third-order valence-electron chi connectivity index (χ3n) is 2.53. The minimum absolute atomic E-state index is 0.0236. The second-order valence-electron chi connectivity index (χ2n) is 5.26. The van der Waals surface area contributed by atoms with Crippen LogP contribution in [0.25, 0.3) is 0 Å². The van der Waals surface area contributed by atoms with Gasteiger partial charge in [-0.1, -0.05) is 12.1 Å². The molecular weight excluding hydrogens is 268 g/mol. The third-order valence-corrected chi connectivity index (χ3v) is 2.53. The molecular formula is C14H19F2NO3. The van der Waals surface area contributed by atoms with E-state index in [-0.39, 0.29) is 24.6 Å². The zero-order chi connectivity index (χ0) is 15.3. The van der Waals surface area contributed by atoms with Crippen molar-refractivity contribution in [3.63, 3.8) is 0 Å². The molecule has 0 spiro atoms. The molecule has 0 atom stereocenters. The summed E-state index contributed by atoms with van der Waals surface area (Å²) in [5.74, 6) is -0.184. The third kappa shape index (κ3) is 5.97. The molecule has 0 aliphatic heterocycles. The van der Waals surface area contributed by atoms with Crippen molar-refractivity contribution in [3.8, 4) is 5.75 Å². The zero-order valence-corrected chi connectivity index (χ0v) is 11.8. The molecule has 0 aliphatic rings. The van der Waals surface area contributed by atoms with Crippen LogP contribution in [0.3, 0.4) is 0 Å². The summed E-state index contributed by atoms with van der Waals surface area (Å²) in [4.78, 5) is 13.4. The standard InChI is InChI=1S/C14H19F2NO3/c1-14(2,19)9-17(3)12(18)8-10-5-4-6-11(7-10)20-13(15)16/h4-7,13,19H,8-9H2,1-3H3. The number of hydrogen-bond acceptors (Lipinski definition) is 3. The van der Waals surface area contributed by atoms with Gasteiger partial charge in [0, 0.05) is 13.6 Å². The predicted octanol–water partition coefficient (Wildman–Crippen LogP) is 2.06. The number of carbonyl (C=O) groups is 1. The van der Waals surface area contributed by atoms with E-state index in [1.54, 1.807) is 33.0 Å². The maximum absolute atomic E-state index is 12.1. The Morgan fingerprint density at radius 3 is 2.65 bits per heavy atom. The summed E-state index contributed by atoms with van der Waals surface area (Å²) in [5, 5.41) is 9.65. The van der Waals surface area contributed by atoms with Crippen molar-refractivity contribution in [3.05, 3.63) is 29.8 Å². The van der Waals surface area contributed by atoms with Crippen LogP contribution in [0, 0.1) is 0 Å². The fourth-order valence-corrected chi connectivity index (χ4v) is 1.81. The number of halogens is 2. The van der Waals surface area contributed by atoms with Crippen LogP contribution in [-0.4, -0.2) is 41.7 Å². The molecule has 4 nitrogen and oxygen atoms in total. The number of aliphatic hydroxyl groups is 1. The lowest BCUT2D eigenvalue weighted by molar-refractivity contribution is -0.131. The van der Waals surface area contributed by atoms with Crippen molar-refractivity contribution in [2.75, 3.05) is 13.6 Å². The van der Waals surface area contributed by atoms with Crippen LogP contribution in [0.5, 0.6) is 5.75 Å². The van der Waals surface area contributed by atoms with E-state index >= 15 is 0 Å². The minimum atomic E-state index is -2.89. The van der Waals surface area contributed by atoms with Gasteiger partial charge in [0.15, 0.2) is 0 Å². The summed E-state index contributed by atoms with van der Waals surface area (Å²) in [6.45, 7) is 0.514. The second-order valence-corrected chi connectivity index (χ2v) is 5.26. The van der Waals surface area contributed by atoms with E-state index in [1.807, 2.05) is 0 Å². The van der Waals surface area contributed by atoms with Gasteiger partial charge in [-0.15, -0.1) is 0 Å². The molecule has 1 rings (SSSR count). The predicted molar refractivity (Wildman–Crippen MR) is 70.7 cm³/mol. The molecule has 0 unspecified atom stereocenters. The number of amides is 1. The van der Waals surface area contributed by atoms with Gasteiger partial charge in [0.1, 0.15) is 5.75 Å². The molecule has 1 N–H and O–H groups in total. The van der Waals surface area contributed by atoms with Crippen LogP contribution in [0.15, 0.2) is 24.3 Å². The lowest BCUT2D eigenvalue weighted by atomic mass is 10.1. The van der Waals surface area contributed by atoms with Gasteiger partial charge in [0.2, 0.25) is 5.91 Å². The van der Waals surface area contributed by atoms with Crippen molar-refractivity contribution in [2.24, 2.45) is 0 Å². The summed E-state index contributed by atoms with van der Waals surface area (Å²) >= 11 is 0. The van der Waals surface area contributed by atoms with Crippen LogP contribution in [0.1, 0.15) is 19.4 Å². The van der Waals surface area contributed by atoms with Crippen molar-refractivity contribution in [2.45, 2.75) is 32.5 Å². The first-order valence-electron chi connectivity index (χ1n) is 6.17. The highest BCUT2D eigenvalue weighted by Gasteiger charge is 2.19. The Morgan fingerprint density at radius 2 is 2.10 bits per heavy atom. The number of carbonyl (C=O) groups excluding carboxylic acids is 1. The first-order valence-corrected chi connectivity index (χ1v) is 6.17. The van der Waals surface area contributed by atoms with Crippen molar-refractivity contribution >= 4 is 5.91 Å². The van der Waals surface area contributed by atoms with Crippen LogP contribution >= 0.6 is 0 Å². The number of benzene rings is 1. The Morgan fingerprint density at radius 1 is 1.45 bits per heavy atom. The van der Waals surface area contributed by atoms with E-state index < -0.39 is 12.2 Å². The summed E-state index contributed by atoms with van der Waals surface area (Å²) in [7, 11) is 1.58. The van der Waals surface area contributed by atoms with Gasteiger partial charge in [-0.25, -0.2) is 0 Å². The van der Waals surface area contributed by atoms with Crippen molar-refractivity contribution < 1.29 is 23.4 Å². The second kappa shape index (κ2) is 6.65. The molecule has 6 heteroatoms. The number of rotatable bonds is 6. The smallest absolute Gasteiger partial charge is 0.387 e. The van der Waals surface area contributed by atoms with E-state index in [2.05, 4.69) is 4.74 Å². The molecule has 0 fully saturated rings. The molecule has 0 saturated heterocycles. The minimum Gasteiger partial charge on any atom is -0.435 e. The summed E-state index contributed by atoms with van der Waals surface area (Å²) in [6, 6.07) is 6.02. The normalized spacial score (nSPS) is 11.6. The van der Waals surface area contributed by atoms with Gasteiger partial charge in [0.05, 0.1) is 12.0 Å². The van der Waals surface area contributed by atoms with Crippen LogP contribution in [0.2, 0.25) is 0 Å². The van der Waals surface area contributed by atoms with Gasteiger partial charge in [-0.3, -0.25) is 4.79 Å². The van der Waals surface area contributed by atoms with Crippen LogP contribution < -0.4 is 4.74 Å². The first kappa shape index (κ1) is 16.4. The molecule has 0 aromatic heterocycles. The highest BCUT2D eigenvalue weighted by Crippen LogP contribution is 2.17. The van der Waals surface area contributed by atoms with Gasteiger partial charge >= 0.3 is 6.61 Å². The monoisotopic (exact) mass is 287 g/mol. The van der Waals surface area contributed by atoms with E-state index in [0.717, 1.165) is 0 Å². The Kier molecular flexibility index (Phi) is 5.44. The first-order chi connectivity index (χ1) is 9.17. The molecule has 1 aromatic rings. The fourth-order valence-electron chi connectivity index (χ4n) is 1.81. The number of nitrogens with zero attached hydrogens (tertiary/aromatic N) is 1. The summed E-state index contributed by atoms with van der Waals surface area (Å²) in [5.41, 5.74) is -0.402. The van der Waals surface area contributed by atoms with Crippen molar-refractivity contribution in [1.29, 1.82) is 0 Å². The molecule has 0 heterocycles. The number of alkyl halides is 2. The van der Waals surface area contributed by atoms with Gasteiger partial charge in [0.25, 0.3) is 0 Å². The number of hydrogen-bond donors (Lipinski definition) is 1. The molecule has 0 bridgehead atoms. The highest BCUT2D eigenvalue weighted by molar-refractivity contribution is 5.78.